The van der Waals surface area contributed by atoms with E-state index in [-0.39, 0.29) is 17.4 Å². The fourth-order valence-corrected chi connectivity index (χ4v) is 3.47. The van der Waals surface area contributed by atoms with Crippen LogP contribution < -0.4 is 0 Å². The highest BCUT2D eigenvalue weighted by atomic mass is 16.4. The normalized spacial score (nSPS) is 18.9. The van der Waals surface area contributed by atoms with E-state index in [1.54, 1.807) is 4.90 Å². The number of carbonyl (C=O) groups excluding carboxylic acids is 1. The average Bonchev–Trinajstić information content (AvgIpc) is 2.72. The van der Waals surface area contributed by atoms with Crippen LogP contribution in [-0.4, -0.2) is 28.4 Å². The zero-order chi connectivity index (χ0) is 18.2. The van der Waals surface area contributed by atoms with Gasteiger partial charge in [0.1, 0.15) is 0 Å². The lowest BCUT2D eigenvalue weighted by Gasteiger charge is -2.31. The summed E-state index contributed by atoms with van der Waals surface area (Å²) in [6.07, 6.45) is 0.502. The molecule has 2 unspecified atom stereocenters. The smallest absolute Gasteiger partial charge is 0.308 e. The number of rotatable bonds is 5. The maximum Gasteiger partial charge on any atom is 0.308 e. The Morgan fingerprint density at radius 1 is 1.29 bits per heavy atom. The second-order valence-corrected chi connectivity index (χ2v) is 8.20. The summed E-state index contributed by atoms with van der Waals surface area (Å²) in [5.74, 6) is -1.15. The van der Waals surface area contributed by atoms with Gasteiger partial charge >= 0.3 is 5.97 Å². The minimum Gasteiger partial charge on any atom is -0.481 e. The van der Waals surface area contributed by atoms with Gasteiger partial charge in [0.15, 0.2) is 0 Å². The van der Waals surface area contributed by atoms with E-state index < -0.39 is 11.9 Å². The molecule has 0 saturated carbocycles. The largest absolute Gasteiger partial charge is 0.481 e. The summed E-state index contributed by atoms with van der Waals surface area (Å²) < 4.78 is 0. The molecule has 0 radical (unpaired) electrons. The Kier molecular flexibility index (Phi) is 5.07. The predicted octanol–water partition coefficient (Wildman–Crippen LogP) is 4.25. The lowest BCUT2D eigenvalue weighted by atomic mass is 9.83. The Morgan fingerprint density at radius 2 is 1.92 bits per heavy atom. The molecule has 0 saturated heterocycles. The first-order valence-electron chi connectivity index (χ1n) is 8.76. The molecule has 2 rings (SSSR count). The number of fused-ring (bicyclic) bond motifs is 1. The van der Waals surface area contributed by atoms with E-state index in [1.165, 1.54) is 0 Å². The molecule has 2 atom stereocenters. The van der Waals surface area contributed by atoms with Gasteiger partial charge in [-0.25, -0.2) is 0 Å². The number of amides is 1. The van der Waals surface area contributed by atoms with Gasteiger partial charge in [-0.2, -0.15) is 0 Å². The van der Waals surface area contributed by atoms with Crippen molar-refractivity contribution in [2.24, 2.45) is 11.8 Å². The first-order valence-corrected chi connectivity index (χ1v) is 8.76. The first kappa shape index (κ1) is 18.5. The van der Waals surface area contributed by atoms with Crippen molar-refractivity contribution < 1.29 is 14.7 Å². The third-order valence-electron chi connectivity index (χ3n) is 4.77. The van der Waals surface area contributed by atoms with Crippen LogP contribution in [0.3, 0.4) is 0 Å². The van der Waals surface area contributed by atoms with Crippen molar-refractivity contribution in [3.8, 4) is 0 Å². The summed E-state index contributed by atoms with van der Waals surface area (Å²) in [5, 5.41) is 9.64. The molecule has 24 heavy (non-hydrogen) atoms. The van der Waals surface area contributed by atoms with Crippen molar-refractivity contribution in [1.82, 2.24) is 4.90 Å². The number of carboxylic acid groups (broad SMARTS) is 1. The molecule has 4 heteroatoms. The van der Waals surface area contributed by atoms with Crippen molar-refractivity contribution in [3.05, 3.63) is 34.9 Å². The topological polar surface area (TPSA) is 57.6 Å². The molecule has 1 amide bonds. The van der Waals surface area contributed by atoms with Crippen molar-refractivity contribution in [3.63, 3.8) is 0 Å². The van der Waals surface area contributed by atoms with Crippen LogP contribution in [-0.2, 0) is 10.2 Å². The van der Waals surface area contributed by atoms with Crippen molar-refractivity contribution in [2.45, 2.75) is 59.4 Å². The first-order chi connectivity index (χ1) is 11.1. The molecular weight excluding hydrogens is 302 g/mol. The molecule has 1 aliphatic rings. The molecule has 0 aliphatic carbocycles. The highest BCUT2D eigenvalue weighted by Gasteiger charge is 2.43. The van der Waals surface area contributed by atoms with Gasteiger partial charge in [0.25, 0.3) is 5.91 Å². The number of carboxylic acids is 1. The van der Waals surface area contributed by atoms with Crippen LogP contribution in [0, 0.1) is 11.8 Å². The van der Waals surface area contributed by atoms with Crippen LogP contribution in [0.4, 0.5) is 0 Å². The summed E-state index contributed by atoms with van der Waals surface area (Å²) in [5.41, 5.74) is 2.59. The van der Waals surface area contributed by atoms with Gasteiger partial charge in [-0.15, -0.1) is 0 Å². The third kappa shape index (κ3) is 3.33. The molecule has 132 valence electrons. The van der Waals surface area contributed by atoms with E-state index in [0.717, 1.165) is 11.1 Å². The van der Waals surface area contributed by atoms with Crippen LogP contribution >= 0.6 is 0 Å². The highest BCUT2D eigenvalue weighted by molar-refractivity contribution is 6.00. The summed E-state index contributed by atoms with van der Waals surface area (Å²) in [7, 11) is 0. The van der Waals surface area contributed by atoms with E-state index >= 15 is 0 Å². The van der Waals surface area contributed by atoms with Crippen molar-refractivity contribution in [2.75, 3.05) is 6.54 Å². The van der Waals surface area contributed by atoms with Crippen LogP contribution in [0.15, 0.2) is 18.2 Å². The molecule has 0 bridgehead atoms. The second-order valence-electron chi connectivity index (χ2n) is 8.20. The Morgan fingerprint density at radius 3 is 2.38 bits per heavy atom. The quantitative estimate of drug-likeness (QED) is 0.877. The van der Waals surface area contributed by atoms with E-state index in [2.05, 4.69) is 34.6 Å². The Balaban J connectivity index is 2.56. The van der Waals surface area contributed by atoms with E-state index in [0.29, 0.717) is 24.4 Å². The highest BCUT2D eigenvalue weighted by Crippen LogP contribution is 2.42. The van der Waals surface area contributed by atoms with Gasteiger partial charge < -0.3 is 10.0 Å². The fourth-order valence-electron chi connectivity index (χ4n) is 3.47. The van der Waals surface area contributed by atoms with Crippen LogP contribution in [0.5, 0.6) is 0 Å². The second kappa shape index (κ2) is 6.58. The third-order valence-corrected chi connectivity index (χ3v) is 4.77. The van der Waals surface area contributed by atoms with Gasteiger partial charge in [0, 0.05) is 12.1 Å². The summed E-state index contributed by atoms with van der Waals surface area (Å²) in [6, 6.07) is 5.59. The minimum absolute atomic E-state index is 0.0329. The van der Waals surface area contributed by atoms with E-state index in [4.69, 9.17) is 0 Å². The summed E-state index contributed by atoms with van der Waals surface area (Å²) >= 11 is 0. The Bertz CT molecular complexity index is 643. The molecular formula is C20H29NO3. The molecule has 0 fully saturated rings. The number of aliphatic carboxylic acids is 1. The molecule has 4 nitrogen and oxygen atoms in total. The number of carbonyl (C=O) groups is 2. The average molecular weight is 331 g/mol. The number of nitrogens with zero attached hydrogens (tertiary/aromatic N) is 1. The minimum atomic E-state index is -0.836. The zero-order valence-electron chi connectivity index (χ0n) is 15.6. The Labute approximate surface area is 144 Å². The van der Waals surface area contributed by atoms with Crippen molar-refractivity contribution in [1.29, 1.82) is 0 Å². The summed E-state index contributed by atoms with van der Waals surface area (Å²) in [6.45, 7) is 12.9. The van der Waals surface area contributed by atoms with Gasteiger partial charge in [-0.1, -0.05) is 53.7 Å². The summed E-state index contributed by atoms with van der Waals surface area (Å²) in [4.78, 5) is 26.5. The molecule has 1 aliphatic heterocycles. The lowest BCUT2D eigenvalue weighted by molar-refractivity contribution is -0.144. The standard InChI is InChI=1S/C20H29NO3/c1-7-14(19(23)24)17-15-9-8-13(20(4,5)6)10-16(15)18(22)21(17)11-12(2)3/h8-10,12,14,17H,7,11H2,1-6H3,(H,23,24). The van der Waals surface area contributed by atoms with Crippen LogP contribution in [0.25, 0.3) is 0 Å². The monoisotopic (exact) mass is 331 g/mol. The predicted molar refractivity (Wildman–Crippen MR) is 95.2 cm³/mol. The molecule has 1 aromatic carbocycles. The molecule has 0 aromatic heterocycles. The van der Waals surface area contributed by atoms with Crippen molar-refractivity contribution >= 4 is 11.9 Å². The zero-order valence-corrected chi connectivity index (χ0v) is 15.6. The van der Waals surface area contributed by atoms with E-state index in [1.807, 2.05) is 25.1 Å². The maximum atomic E-state index is 13.0. The van der Waals surface area contributed by atoms with Gasteiger partial charge in [0.05, 0.1) is 12.0 Å². The Hall–Kier alpha value is -1.84. The van der Waals surface area contributed by atoms with Gasteiger partial charge in [0.2, 0.25) is 0 Å². The number of benzene rings is 1. The van der Waals surface area contributed by atoms with Crippen LogP contribution in [0.1, 0.15) is 75.5 Å². The fraction of sp³-hybridized carbons (Fsp3) is 0.600. The number of hydrogen-bond acceptors (Lipinski definition) is 2. The van der Waals surface area contributed by atoms with E-state index in [9.17, 15) is 14.7 Å². The maximum absolute atomic E-state index is 13.0. The number of hydrogen-bond donors (Lipinski definition) is 1. The van der Waals surface area contributed by atoms with Crippen LogP contribution in [0.2, 0.25) is 0 Å². The molecule has 1 aromatic rings. The SMILES string of the molecule is CCC(C(=O)O)C1c2ccc(C(C)(C)C)cc2C(=O)N1CC(C)C. The molecule has 0 spiro atoms. The lowest BCUT2D eigenvalue weighted by Crippen LogP contribution is -2.37. The van der Waals surface area contributed by atoms with Gasteiger partial charge in [-0.3, -0.25) is 9.59 Å². The van der Waals surface area contributed by atoms with Gasteiger partial charge in [-0.05, 0) is 34.9 Å². The molecule has 1 heterocycles. The molecule has 1 N–H and O–H groups in total.